The molecule has 0 aliphatic heterocycles. The minimum absolute atomic E-state index is 0.381. The van der Waals surface area contributed by atoms with E-state index in [0.717, 1.165) is 36.2 Å². The summed E-state index contributed by atoms with van der Waals surface area (Å²) in [5.41, 5.74) is 0.644. The zero-order chi connectivity index (χ0) is 14.7. The highest BCUT2D eigenvalue weighted by molar-refractivity contribution is 7.18. The lowest BCUT2D eigenvalue weighted by atomic mass is 9.86. The smallest absolute Gasteiger partial charge is 0.0965 e. The van der Waals surface area contributed by atoms with Crippen molar-refractivity contribution in [1.29, 1.82) is 0 Å². The third-order valence-electron chi connectivity index (χ3n) is 4.67. The lowest BCUT2D eigenvalue weighted by Gasteiger charge is -2.35. The number of aromatic nitrogens is 1. The standard InChI is InChI=1S/C17H23NO2S/c1-20-17(10-6-2-3-7-11-17)15(19)12-16-18-13-8-4-5-9-14(13)21-16/h4-5,8-9,15,19H,2-3,6-7,10-12H2,1H3. The van der Waals surface area contributed by atoms with Gasteiger partial charge in [0.1, 0.15) is 0 Å². The summed E-state index contributed by atoms with van der Waals surface area (Å²) >= 11 is 1.68. The summed E-state index contributed by atoms with van der Waals surface area (Å²) in [5.74, 6) is 0. The van der Waals surface area contributed by atoms with Crippen LogP contribution in [0.2, 0.25) is 0 Å². The summed E-state index contributed by atoms with van der Waals surface area (Å²) in [5, 5.41) is 11.8. The van der Waals surface area contributed by atoms with Crippen LogP contribution in [0.25, 0.3) is 10.2 Å². The van der Waals surface area contributed by atoms with Gasteiger partial charge in [-0.3, -0.25) is 0 Å². The fourth-order valence-electron chi connectivity index (χ4n) is 3.36. The first kappa shape index (κ1) is 14.9. The Kier molecular flexibility index (Phi) is 4.57. The second-order valence-electron chi connectivity index (χ2n) is 5.98. The van der Waals surface area contributed by atoms with E-state index in [1.807, 2.05) is 18.2 Å². The van der Waals surface area contributed by atoms with Gasteiger partial charge in [0, 0.05) is 13.5 Å². The van der Waals surface area contributed by atoms with Gasteiger partial charge in [0.15, 0.2) is 0 Å². The van der Waals surface area contributed by atoms with Crippen molar-refractivity contribution in [3.05, 3.63) is 29.3 Å². The summed E-state index contributed by atoms with van der Waals surface area (Å²) in [7, 11) is 1.74. The molecule has 0 bridgehead atoms. The molecule has 1 N–H and O–H groups in total. The van der Waals surface area contributed by atoms with Crippen LogP contribution in [-0.4, -0.2) is 28.9 Å². The van der Waals surface area contributed by atoms with Crippen LogP contribution in [0.1, 0.15) is 43.5 Å². The van der Waals surface area contributed by atoms with Crippen LogP contribution in [0.5, 0.6) is 0 Å². The summed E-state index contributed by atoms with van der Waals surface area (Å²) in [6.07, 6.45) is 6.81. The van der Waals surface area contributed by atoms with E-state index >= 15 is 0 Å². The first-order chi connectivity index (χ1) is 10.2. The molecule has 1 aliphatic rings. The molecular weight excluding hydrogens is 282 g/mol. The third-order valence-corrected chi connectivity index (χ3v) is 5.73. The third kappa shape index (κ3) is 3.12. The Morgan fingerprint density at radius 1 is 1.24 bits per heavy atom. The summed E-state index contributed by atoms with van der Waals surface area (Å²) < 4.78 is 6.98. The fourth-order valence-corrected chi connectivity index (χ4v) is 4.36. The molecule has 0 radical (unpaired) electrons. The van der Waals surface area contributed by atoms with E-state index in [1.54, 1.807) is 18.4 Å². The van der Waals surface area contributed by atoms with E-state index in [1.165, 1.54) is 17.5 Å². The zero-order valence-electron chi connectivity index (χ0n) is 12.5. The molecule has 1 aromatic heterocycles. The highest BCUT2D eigenvalue weighted by atomic mass is 32.1. The number of thiazole rings is 1. The topological polar surface area (TPSA) is 42.4 Å². The van der Waals surface area contributed by atoms with Gasteiger partial charge in [-0.05, 0) is 25.0 Å². The van der Waals surface area contributed by atoms with Crippen molar-refractivity contribution in [1.82, 2.24) is 4.98 Å². The lowest BCUT2D eigenvalue weighted by Crippen LogP contribution is -2.45. The maximum absolute atomic E-state index is 10.8. The van der Waals surface area contributed by atoms with Crippen molar-refractivity contribution in [3.8, 4) is 0 Å². The number of rotatable bonds is 4. The van der Waals surface area contributed by atoms with Gasteiger partial charge < -0.3 is 9.84 Å². The quantitative estimate of drug-likeness (QED) is 0.870. The molecule has 21 heavy (non-hydrogen) atoms. The van der Waals surface area contributed by atoms with Crippen LogP contribution in [0.4, 0.5) is 0 Å². The molecule has 1 heterocycles. The van der Waals surface area contributed by atoms with Crippen LogP contribution < -0.4 is 0 Å². The Morgan fingerprint density at radius 2 is 1.95 bits per heavy atom. The highest BCUT2D eigenvalue weighted by Gasteiger charge is 2.38. The second kappa shape index (κ2) is 6.42. The lowest BCUT2D eigenvalue weighted by molar-refractivity contribution is -0.111. The predicted octanol–water partition coefficient (Wildman–Crippen LogP) is 3.94. The number of methoxy groups -OCH3 is 1. The molecule has 0 spiro atoms. The molecule has 1 saturated carbocycles. The number of nitrogens with zero attached hydrogens (tertiary/aromatic N) is 1. The van der Waals surface area contributed by atoms with Gasteiger partial charge in [-0.15, -0.1) is 11.3 Å². The highest BCUT2D eigenvalue weighted by Crippen LogP contribution is 2.35. The van der Waals surface area contributed by atoms with Gasteiger partial charge in [0.05, 0.1) is 26.9 Å². The number of fused-ring (bicyclic) bond motifs is 1. The van der Waals surface area contributed by atoms with Gasteiger partial charge in [-0.25, -0.2) is 4.98 Å². The summed E-state index contributed by atoms with van der Waals surface area (Å²) in [6.45, 7) is 0. The van der Waals surface area contributed by atoms with Crippen molar-refractivity contribution in [2.24, 2.45) is 0 Å². The first-order valence-corrected chi connectivity index (χ1v) is 8.63. The Bertz CT molecular complexity index is 554. The van der Waals surface area contributed by atoms with E-state index < -0.39 is 6.10 Å². The number of para-hydroxylation sites is 1. The minimum atomic E-state index is -0.471. The Labute approximate surface area is 130 Å². The molecule has 1 fully saturated rings. The van der Waals surface area contributed by atoms with Crippen LogP contribution in [0.15, 0.2) is 24.3 Å². The first-order valence-electron chi connectivity index (χ1n) is 7.81. The molecule has 0 amide bonds. The molecular formula is C17H23NO2S. The Hall–Kier alpha value is -0.970. The molecule has 1 unspecified atom stereocenters. The van der Waals surface area contributed by atoms with Crippen molar-refractivity contribution in [2.75, 3.05) is 7.11 Å². The predicted molar refractivity (Wildman–Crippen MR) is 86.8 cm³/mol. The maximum Gasteiger partial charge on any atom is 0.0965 e. The number of hydrogen-bond acceptors (Lipinski definition) is 4. The van der Waals surface area contributed by atoms with Gasteiger partial charge in [0.25, 0.3) is 0 Å². The number of benzene rings is 1. The number of aliphatic hydroxyl groups is 1. The summed E-state index contributed by atoms with van der Waals surface area (Å²) in [4.78, 5) is 4.64. The zero-order valence-corrected chi connectivity index (χ0v) is 13.4. The molecule has 114 valence electrons. The number of hydrogen-bond donors (Lipinski definition) is 1. The van der Waals surface area contributed by atoms with Crippen LogP contribution in [-0.2, 0) is 11.2 Å². The van der Waals surface area contributed by atoms with Crippen molar-refractivity contribution in [2.45, 2.75) is 56.7 Å². The largest absolute Gasteiger partial charge is 0.390 e. The Morgan fingerprint density at radius 3 is 2.62 bits per heavy atom. The molecule has 2 aromatic rings. The fraction of sp³-hybridized carbons (Fsp3) is 0.588. The van der Waals surface area contributed by atoms with E-state index in [2.05, 4.69) is 11.1 Å². The monoisotopic (exact) mass is 305 g/mol. The molecule has 1 aliphatic carbocycles. The summed E-state index contributed by atoms with van der Waals surface area (Å²) in [6, 6.07) is 8.15. The van der Waals surface area contributed by atoms with Gasteiger partial charge >= 0.3 is 0 Å². The maximum atomic E-state index is 10.8. The van der Waals surface area contributed by atoms with Gasteiger partial charge in [-0.1, -0.05) is 37.8 Å². The molecule has 4 heteroatoms. The van der Waals surface area contributed by atoms with Crippen LogP contribution >= 0.6 is 11.3 Å². The van der Waals surface area contributed by atoms with Crippen molar-refractivity contribution in [3.63, 3.8) is 0 Å². The van der Waals surface area contributed by atoms with Gasteiger partial charge in [0.2, 0.25) is 0 Å². The normalized spacial score (nSPS) is 20.3. The van der Waals surface area contributed by atoms with E-state index in [9.17, 15) is 5.11 Å². The average molecular weight is 305 g/mol. The minimum Gasteiger partial charge on any atom is -0.390 e. The van der Waals surface area contributed by atoms with Crippen molar-refractivity contribution >= 4 is 21.6 Å². The van der Waals surface area contributed by atoms with Crippen LogP contribution in [0, 0.1) is 0 Å². The molecule has 3 rings (SSSR count). The second-order valence-corrected chi connectivity index (χ2v) is 7.09. The number of aliphatic hydroxyl groups excluding tert-OH is 1. The van der Waals surface area contributed by atoms with E-state index in [0.29, 0.717) is 6.42 Å². The van der Waals surface area contributed by atoms with Crippen molar-refractivity contribution < 1.29 is 9.84 Å². The molecule has 3 nitrogen and oxygen atoms in total. The SMILES string of the molecule is COC1(C(O)Cc2nc3ccccc3s2)CCCCCC1. The van der Waals surface area contributed by atoms with E-state index in [-0.39, 0.29) is 5.60 Å². The van der Waals surface area contributed by atoms with E-state index in [4.69, 9.17) is 4.74 Å². The Balaban J connectivity index is 1.78. The molecule has 1 atom stereocenters. The molecule has 0 saturated heterocycles. The molecule has 1 aromatic carbocycles. The average Bonchev–Trinajstić information content (AvgIpc) is 2.74. The number of ether oxygens (including phenoxy) is 1. The van der Waals surface area contributed by atoms with Gasteiger partial charge in [-0.2, -0.15) is 0 Å². The van der Waals surface area contributed by atoms with Crippen LogP contribution in [0.3, 0.4) is 0 Å².